The highest BCUT2D eigenvalue weighted by Crippen LogP contribution is 2.46. The van der Waals surface area contributed by atoms with Crippen molar-refractivity contribution in [1.82, 2.24) is 0 Å². The van der Waals surface area contributed by atoms with Crippen LogP contribution in [-0.2, 0) is 0 Å². The van der Waals surface area contributed by atoms with E-state index in [1.807, 2.05) is 62.5 Å². The first-order valence-corrected chi connectivity index (χ1v) is 17.7. The molecule has 0 aromatic heterocycles. The molecule has 0 fully saturated rings. The van der Waals surface area contributed by atoms with Crippen molar-refractivity contribution in [3.63, 3.8) is 0 Å². The number of thioether (sulfide) groups is 1. The first-order valence-electron chi connectivity index (χ1n) is 16.9. The topological polar surface area (TPSA) is 12.5 Å². The highest BCUT2D eigenvalue weighted by Gasteiger charge is 2.21. The minimum Gasteiger partial charge on any atom is -0.455 e. The van der Waals surface area contributed by atoms with Crippen molar-refractivity contribution in [3.8, 4) is 29.2 Å². The van der Waals surface area contributed by atoms with Gasteiger partial charge in [-0.25, -0.2) is 0 Å². The van der Waals surface area contributed by atoms with Gasteiger partial charge in [0.25, 0.3) is 0 Å². The Balaban J connectivity index is 0.00000267. The average molecular weight is 668 g/mol. The molecule has 0 amide bonds. The number of ether oxygens (including phenoxy) is 1. The third-order valence-electron chi connectivity index (χ3n) is 7.37. The van der Waals surface area contributed by atoms with Crippen LogP contribution < -0.4 is 9.64 Å². The number of allylic oxidation sites excluding steroid dienone is 19. The van der Waals surface area contributed by atoms with Crippen molar-refractivity contribution in [1.29, 1.82) is 0 Å². The third-order valence-corrected chi connectivity index (χ3v) is 8.42. The summed E-state index contributed by atoms with van der Waals surface area (Å²) in [4.78, 5) is 4.65. The fourth-order valence-corrected chi connectivity index (χ4v) is 5.87. The second-order valence-corrected chi connectivity index (χ2v) is 12.3. The highest BCUT2D eigenvalue weighted by molar-refractivity contribution is 8.03. The van der Waals surface area contributed by atoms with E-state index >= 15 is 0 Å². The molecule has 0 bridgehead atoms. The summed E-state index contributed by atoms with van der Waals surface area (Å²) in [5.41, 5.74) is 6.95. The maximum atomic E-state index is 6.50. The summed E-state index contributed by atoms with van der Waals surface area (Å²) in [6.45, 7) is 20.1. The molecule has 2 nitrogen and oxygen atoms in total. The summed E-state index contributed by atoms with van der Waals surface area (Å²) in [6, 6.07) is 15.2. The van der Waals surface area contributed by atoms with E-state index in [1.165, 1.54) is 17.0 Å². The molecule has 0 N–H and O–H groups in total. The molecule has 1 aliphatic heterocycles. The molecule has 0 saturated carbocycles. The van der Waals surface area contributed by atoms with Gasteiger partial charge in [0, 0.05) is 27.6 Å². The van der Waals surface area contributed by atoms with Crippen LogP contribution in [-0.4, -0.2) is 0 Å². The number of anilines is 1. The quantitative estimate of drug-likeness (QED) is 0.100. The van der Waals surface area contributed by atoms with Crippen LogP contribution >= 0.6 is 11.8 Å². The Labute approximate surface area is 301 Å². The van der Waals surface area contributed by atoms with Gasteiger partial charge in [-0.15, -0.1) is 18.9 Å². The Hall–Kier alpha value is -4.91. The van der Waals surface area contributed by atoms with Gasteiger partial charge in [-0.3, -0.25) is 0 Å². The summed E-state index contributed by atoms with van der Waals surface area (Å²) in [5, 5.41) is 0. The predicted octanol–water partition coefficient (Wildman–Crippen LogP) is 14.0. The molecule has 1 aliphatic rings. The molecular formula is C46H53NOS. The van der Waals surface area contributed by atoms with Crippen molar-refractivity contribution in [2.24, 2.45) is 0 Å². The molecule has 3 rings (SSSR count). The van der Waals surface area contributed by atoms with Crippen molar-refractivity contribution >= 4 is 17.4 Å². The lowest BCUT2D eigenvalue weighted by Gasteiger charge is -2.28. The first-order chi connectivity index (χ1) is 23.9. The Morgan fingerprint density at radius 2 is 1.65 bits per heavy atom. The van der Waals surface area contributed by atoms with Crippen LogP contribution in [0.5, 0.6) is 5.75 Å². The van der Waals surface area contributed by atoms with Crippen LogP contribution in [0.15, 0.2) is 179 Å². The van der Waals surface area contributed by atoms with Gasteiger partial charge in [-0.05, 0) is 102 Å². The zero-order valence-corrected chi connectivity index (χ0v) is 31.1. The maximum absolute atomic E-state index is 6.50. The van der Waals surface area contributed by atoms with Gasteiger partial charge in [0.2, 0.25) is 0 Å². The Morgan fingerprint density at radius 3 is 2.31 bits per heavy atom. The van der Waals surface area contributed by atoms with Crippen molar-refractivity contribution in [3.05, 3.63) is 174 Å². The van der Waals surface area contributed by atoms with E-state index < -0.39 is 0 Å². The van der Waals surface area contributed by atoms with E-state index in [4.69, 9.17) is 4.74 Å². The second-order valence-electron chi connectivity index (χ2n) is 11.0. The zero-order valence-electron chi connectivity index (χ0n) is 30.3. The summed E-state index contributed by atoms with van der Waals surface area (Å²) in [6.07, 6.45) is 39.3. The Morgan fingerprint density at radius 1 is 0.939 bits per heavy atom. The lowest BCUT2D eigenvalue weighted by atomic mass is 10.0. The van der Waals surface area contributed by atoms with Gasteiger partial charge in [0.05, 0.1) is 4.90 Å². The van der Waals surface area contributed by atoms with Gasteiger partial charge < -0.3 is 9.64 Å². The minimum absolute atomic E-state index is 0.825. The van der Waals surface area contributed by atoms with E-state index in [9.17, 15) is 0 Å². The molecule has 254 valence electrons. The average Bonchev–Trinajstić information content (AvgIpc) is 3.11. The Bertz CT molecular complexity index is 1690. The molecule has 0 saturated heterocycles. The fraction of sp³-hybridized carbons (Fsp3) is 0.217. The summed E-state index contributed by atoms with van der Waals surface area (Å²) < 4.78 is 6.50. The van der Waals surface area contributed by atoms with E-state index in [0.717, 1.165) is 63.8 Å². The van der Waals surface area contributed by atoms with E-state index in [2.05, 4.69) is 136 Å². The largest absolute Gasteiger partial charge is 0.455 e. The van der Waals surface area contributed by atoms with Crippen LogP contribution in [0.1, 0.15) is 67.2 Å². The van der Waals surface area contributed by atoms with Crippen LogP contribution in [0.4, 0.5) is 5.69 Å². The van der Waals surface area contributed by atoms with Gasteiger partial charge in [0.1, 0.15) is 11.5 Å². The number of nitrogens with zero attached hydrogens (tertiary/aromatic N) is 1. The summed E-state index contributed by atoms with van der Waals surface area (Å²) in [7, 11) is 0. The van der Waals surface area contributed by atoms with E-state index in [0.29, 0.717) is 0 Å². The molecule has 2 aromatic carbocycles. The molecular weight excluding hydrogens is 615 g/mol. The fourth-order valence-electron chi connectivity index (χ4n) is 4.94. The molecule has 0 spiro atoms. The molecule has 0 unspecified atom stereocenters. The zero-order chi connectivity index (χ0) is 35.9. The van der Waals surface area contributed by atoms with Crippen LogP contribution in [0.2, 0.25) is 0 Å². The van der Waals surface area contributed by atoms with Crippen LogP contribution in [0.3, 0.4) is 0 Å². The predicted molar refractivity (Wildman–Crippen MR) is 220 cm³/mol. The number of hydrogen-bond donors (Lipinski definition) is 0. The minimum atomic E-state index is 0.825. The Kier molecular flexibility index (Phi) is 19.2. The number of benzene rings is 2. The number of fused-ring (bicyclic) bond motifs is 1. The van der Waals surface area contributed by atoms with Gasteiger partial charge in [-0.1, -0.05) is 129 Å². The smallest absolute Gasteiger partial charge is 0.149 e. The SMILES string of the molecule is C#CC.C=CC/C=C\C=C(/CC)N(/C(C)=C/C/C=C(\C=C)C/C=C\C=C/C)c1ccc(-c2cccc3c2OC(/C=C\C=C/C)=C(C)S3)cc1. The number of rotatable bonds is 16. The van der Waals surface area contributed by atoms with Gasteiger partial charge in [0.15, 0.2) is 0 Å². The second kappa shape index (κ2) is 23.4. The maximum Gasteiger partial charge on any atom is 0.149 e. The van der Waals surface area contributed by atoms with E-state index in [1.54, 1.807) is 18.7 Å². The lowest BCUT2D eigenvalue weighted by Crippen LogP contribution is -2.20. The summed E-state index contributed by atoms with van der Waals surface area (Å²) in [5.74, 6) is 4.04. The van der Waals surface area contributed by atoms with Crippen LogP contribution in [0.25, 0.3) is 11.1 Å². The number of terminal acetylenes is 1. The molecule has 0 atom stereocenters. The van der Waals surface area contributed by atoms with Gasteiger partial charge in [-0.2, -0.15) is 0 Å². The van der Waals surface area contributed by atoms with Crippen molar-refractivity contribution < 1.29 is 4.74 Å². The third kappa shape index (κ3) is 13.3. The highest BCUT2D eigenvalue weighted by atomic mass is 32.2. The number of hydrogen-bond acceptors (Lipinski definition) is 3. The molecule has 1 heterocycles. The van der Waals surface area contributed by atoms with Gasteiger partial charge >= 0.3 is 0 Å². The molecule has 0 radical (unpaired) electrons. The normalized spacial score (nSPS) is 13.9. The van der Waals surface area contributed by atoms with E-state index in [-0.39, 0.29) is 0 Å². The molecule has 0 aliphatic carbocycles. The number of para-hydroxylation sites is 1. The molecule has 2 aromatic rings. The van der Waals surface area contributed by atoms with Crippen molar-refractivity contribution in [2.45, 2.75) is 72.1 Å². The molecule has 49 heavy (non-hydrogen) atoms. The first kappa shape index (κ1) is 40.3. The standard InChI is InChI=1S/C43H49NOS.C3H4/c1-8-13-16-19-24-36(11-4)25-21-23-34(6)44(38(12-5)26-20-17-14-9-2)39-32-30-37(31-33-39)40-27-22-29-42-43(40)45-41(35(7)46-42)28-18-15-10-3;1-3-2/h8-11,13,15-20,22-23,25-33H,2,4,12,14,21,24H2,1,3,5-7H3;1H,2H3/b13-8-,15-10-,19-16-,20-17-,28-18-,34-23+,36-25+,38-26+;. The molecule has 3 heteroatoms. The van der Waals surface area contributed by atoms with Crippen LogP contribution in [0, 0.1) is 12.3 Å². The summed E-state index contributed by atoms with van der Waals surface area (Å²) >= 11 is 1.76. The lowest BCUT2D eigenvalue weighted by molar-refractivity contribution is 0.430. The monoisotopic (exact) mass is 667 g/mol. The van der Waals surface area contributed by atoms with Crippen molar-refractivity contribution in [2.75, 3.05) is 4.90 Å².